The minimum absolute atomic E-state index is 0.102. The van der Waals surface area contributed by atoms with E-state index in [0.717, 1.165) is 35.7 Å². The third-order valence-electron chi connectivity index (χ3n) is 2.84. The molecule has 1 atom stereocenters. The van der Waals surface area contributed by atoms with E-state index in [9.17, 15) is 4.79 Å². The quantitative estimate of drug-likeness (QED) is 0.789. The van der Waals surface area contributed by atoms with Crippen molar-refractivity contribution in [3.63, 3.8) is 0 Å². The number of rotatable bonds is 4. The number of ether oxygens (including phenoxy) is 1. The second kappa shape index (κ2) is 5.87. The third-order valence-corrected chi connectivity index (χ3v) is 4.71. The summed E-state index contributed by atoms with van der Waals surface area (Å²) in [6.07, 6.45) is 5.09. The van der Waals surface area contributed by atoms with Crippen LogP contribution in [0.3, 0.4) is 0 Å². The minimum atomic E-state index is -0.120. The van der Waals surface area contributed by atoms with Gasteiger partial charge in [-0.1, -0.05) is 0 Å². The summed E-state index contributed by atoms with van der Waals surface area (Å²) in [5.74, 6) is 0.715. The molecule has 0 saturated heterocycles. The molecule has 1 aliphatic rings. The summed E-state index contributed by atoms with van der Waals surface area (Å²) >= 11 is 3.53. The molecule has 0 saturated carbocycles. The van der Waals surface area contributed by atoms with E-state index < -0.39 is 0 Å². The van der Waals surface area contributed by atoms with Crippen LogP contribution in [0.1, 0.15) is 41.3 Å². The number of thioether (sulfide) groups is 1. The Hall–Kier alpha value is -0.550. The first-order valence-electron chi connectivity index (χ1n) is 5.90. The fourth-order valence-corrected chi connectivity index (χ4v) is 3.99. The van der Waals surface area contributed by atoms with E-state index in [1.54, 1.807) is 23.1 Å². The highest BCUT2D eigenvalue weighted by atomic mass is 32.2. The molecule has 0 radical (unpaired) electrons. The van der Waals surface area contributed by atoms with Crippen LogP contribution in [0.25, 0.3) is 0 Å². The maximum Gasteiger partial charge on any atom is 0.315 e. The average molecular weight is 271 g/mol. The average Bonchev–Trinajstić information content (AvgIpc) is 2.71. The van der Waals surface area contributed by atoms with Crippen LogP contribution >= 0.6 is 23.1 Å². The van der Waals surface area contributed by atoms with Gasteiger partial charge in [-0.05, 0) is 32.4 Å². The van der Waals surface area contributed by atoms with Gasteiger partial charge in [0.05, 0.1) is 12.3 Å². The molecule has 0 aromatic carbocycles. The van der Waals surface area contributed by atoms with E-state index in [2.05, 4.69) is 11.2 Å². The maximum atomic E-state index is 11.9. The molecule has 0 fully saturated rings. The Balaban J connectivity index is 2.21. The molecule has 1 aromatic heterocycles. The Morgan fingerprint density at radius 1 is 1.65 bits per heavy atom. The third kappa shape index (κ3) is 2.83. The van der Waals surface area contributed by atoms with Crippen LogP contribution < -0.4 is 0 Å². The van der Waals surface area contributed by atoms with Gasteiger partial charge in [-0.3, -0.25) is 4.79 Å². The maximum absolute atomic E-state index is 11.9. The van der Waals surface area contributed by atoms with Gasteiger partial charge in [-0.15, -0.1) is 11.3 Å². The highest BCUT2D eigenvalue weighted by molar-refractivity contribution is 7.97. The van der Waals surface area contributed by atoms with Crippen molar-refractivity contribution >= 4 is 29.1 Å². The summed E-state index contributed by atoms with van der Waals surface area (Å²) in [7, 11) is 0. The first-order valence-corrected chi connectivity index (χ1v) is 8.11. The monoisotopic (exact) mass is 271 g/mol. The Labute approximate surface area is 110 Å². The number of esters is 1. The number of hydrogen-bond acceptors (Lipinski definition) is 5. The van der Waals surface area contributed by atoms with Gasteiger partial charge in [0.25, 0.3) is 0 Å². The minimum Gasteiger partial charge on any atom is -0.465 e. The van der Waals surface area contributed by atoms with Crippen molar-refractivity contribution in [2.24, 2.45) is 0 Å². The molecule has 94 valence electrons. The summed E-state index contributed by atoms with van der Waals surface area (Å²) < 4.78 is 5.13. The molecule has 17 heavy (non-hydrogen) atoms. The highest BCUT2D eigenvalue weighted by Gasteiger charge is 2.30. The molecule has 0 N–H and O–H groups in total. The van der Waals surface area contributed by atoms with Gasteiger partial charge in [0.1, 0.15) is 10.9 Å². The van der Waals surface area contributed by atoms with E-state index in [1.165, 1.54) is 4.88 Å². The van der Waals surface area contributed by atoms with Crippen molar-refractivity contribution in [3.8, 4) is 0 Å². The van der Waals surface area contributed by atoms with Crippen LogP contribution in [0.4, 0.5) is 0 Å². The molecule has 1 unspecified atom stereocenters. The van der Waals surface area contributed by atoms with Gasteiger partial charge < -0.3 is 4.74 Å². The van der Waals surface area contributed by atoms with Gasteiger partial charge >= 0.3 is 5.97 Å². The Kier molecular flexibility index (Phi) is 4.45. The van der Waals surface area contributed by atoms with Gasteiger partial charge in [-0.25, -0.2) is 4.98 Å². The van der Waals surface area contributed by atoms with E-state index in [1.807, 2.05) is 6.92 Å². The lowest BCUT2D eigenvalue weighted by molar-refractivity contribution is -0.145. The van der Waals surface area contributed by atoms with Gasteiger partial charge in [0.2, 0.25) is 0 Å². The number of aryl methyl sites for hydroxylation is 1. The number of carbonyl (C=O) groups excluding carboxylic acids is 1. The molecule has 0 aliphatic heterocycles. The SMILES string of the molecule is CCOC(=O)C1CCCc2sc(CSC)nc21. The zero-order chi connectivity index (χ0) is 12.3. The largest absolute Gasteiger partial charge is 0.465 e. The van der Waals surface area contributed by atoms with Crippen molar-refractivity contribution in [2.75, 3.05) is 12.9 Å². The molecule has 1 heterocycles. The molecule has 0 spiro atoms. The number of nitrogens with zero attached hydrogens (tertiary/aromatic N) is 1. The summed E-state index contributed by atoms with van der Waals surface area (Å²) in [6.45, 7) is 2.30. The van der Waals surface area contributed by atoms with E-state index in [-0.39, 0.29) is 11.9 Å². The lowest BCUT2D eigenvalue weighted by Crippen LogP contribution is -2.20. The van der Waals surface area contributed by atoms with Crippen molar-refractivity contribution < 1.29 is 9.53 Å². The highest BCUT2D eigenvalue weighted by Crippen LogP contribution is 2.36. The van der Waals surface area contributed by atoms with Crippen molar-refractivity contribution in [1.29, 1.82) is 0 Å². The predicted octanol–water partition coefficient (Wildman–Crippen LogP) is 2.99. The first kappa shape index (κ1) is 12.9. The van der Waals surface area contributed by atoms with Crippen LogP contribution in [0.5, 0.6) is 0 Å². The number of carbonyl (C=O) groups is 1. The van der Waals surface area contributed by atoms with Gasteiger partial charge in [0.15, 0.2) is 0 Å². The molecule has 1 aromatic rings. The second-order valence-corrected chi connectivity index (χ2v) is 6.08. The van der Waals surface area contributed by atoms with Crippen LogP contribution in [0.15, 0.2) is 0 Å². The smallest absolute Gasteiger partial charge is 0.315 e. The molecule has 5 heteroatoms. The molecule has 0 amide bonds. The summed E-state index contributed by atoms with van der Waals surface area (Å²) in [6, 6.07) is 0. The predicted molar refractivity (Wildman–Crippen MR) is 71.6 cm³/mol. The molecular formula is C12H17NO2S2. The van der Waals surface area contributed by atoms with Crippen LogP contribution in [-0.4, -0.2) is 23.8 Å². The van der Waals surface area contributed by atoms with Gasteiger partial charge in [0, 0.05) is 10.6 Å². The molecule has 1 aliphatic carbocycles. The molecular weight excluding hydrogens is 254 g/mol. The van der Waals surface area contributed by atoms with Crippen LogP contribution in [-0.2, 0) is 21.7 Å². The van der Waals surface area contributed by atoms with Crippen molar-refractivity contribution in [1.82, 2.24) is 4.98 Å². The lowest BCUT2D eigenvalue weighted by atomic mass is 9.91. The van der Waals surface area contributed by atoms with E-state index in [4.69, 9.17) is 4.74 Å². The summed E-state index contributed by atoms with van der Waals surface area (Å²) in [5, 5.41) is 1.14. The molecule has 0 bridgehead atoms. The summed E-state index contributed by atoms with van der Waals surface area (Å²) in [4.78, 5) is 17.8. The Bertz CT molecular complexity index is 403. The zero-order valence-corrected chi connectivity index (χ0v) is 11.8. The van der Waals surface area contributed by atoms with Gasteiger partial charge in [-0.2, -0.15) is 11.8 Å². The first-order chi connectivity index (χ1) is 8.26. The van der Waals surface area contributed by atoms with E-state index >= 15 is 0 Å². The number of fused-ring (bicyclic) bond motifs is 1. The fourth-order valence-electron chi connectivity index (χ4n) is 2.13. The Morgan fingerprint density at radius 3 is 3.18 bits per heavy atom. The van der Waals surface area contributed by atoms with Crippen molar-refractivity contribution in [2.45, 2.75) is 37.9 Å². The summed E-state index contributed by atoms with van der Waals surface area (Å²) in [5.41, 5.74) is 0.990. The number of thiazole rings is 1. The van der Waals surface area contributed by atoms with Crippen molar-refractivity contribution in [3.05, 3.63) is 15.6 Å². The standard InChI is InChI=1S/C12H17NO2S2/c1-3-15-12(14)8-5-4-6-9-11(8)13-10(17-9)7-16-2/h8H,3-7H2,1-2H3. The normalized spacial score (nSPS) is 18.8. The van der Waals surface area contributed by atoms with Crippen LogP contribution in [0, 0.1) is 0 Å². The lowest BCUT2D eigenvalue weighted by Gasteiger charge is -2.19. The molecule has 2 rings (SSSR count). The number of aromatic nitrogens is 1. The Morgan fingerprint density at radius 2 is 2.47 bits per heavy atom. The van der Waals surface area contributed by atoms with E-state index in [0.29, 0.717) is 6.61 Å². The second-order valence-electron chi connectivity index (χ2n) is 4.05. The fraction of sp³-hybridized carbons (Fsp3) is 0.667. The number of hydrogen-bond donors (Lipinski definition) is 0. The zero-order valence-electron chi connectivity index (χ0n) is 10.2. The topological polar surface area (TPSA) is 39.2 Å². The van der Waals surface area contributed by atoms with Crippen LogP contribution in [0.2, 0.25) is 0 Å². The molecule has 3 nitrogen and oxygen atoms in total.